The van der Waals surface area contributed by atoms with Crippen LogP contribution in [0.3, 0.4) is 0 Å². The highest BCUT2D eigenvalue weighted by Gasteiger charge is 2.14. The second-order valence-corrected chi connectivity index (χ2v) is 7.75. The zero-order valence-corrected chi connectivity index (χ0v) is 17.8. The van der Waals surface area contributed by atoms with Crippen molar-refractivity contribution in [3.05, 3.63) is 88.2 Å². The lowest BCUT2D eigenvalue weighted by Gasteiger charge is -2.22. The standard InChI is InChI=1S/C25H31N3/c1-16-10-7-11-17(2)24(16)26-20(5)22-14-9-15-23(28-22)21(6)27-25-18(3)12-8-13-19(25)4/h7-15,20-21,26-27H,1-6H3. The molecule has 0 bridgehead atoms. The lowest BCUT2D eigenvalue weighted by Crippen LogP contribution is -2.14. The largest absolute Gasteiger partial charge is 0.377 e. The molecule has 2 atom stereocenters. The third kappa shape index (κ3) is 4.36. The molecule has 146 valence electrons. The number of hydrogen-bond donors (Lipinski definition) is 2. The summed E-state index contributed by atoms with van der Waals surface area (Å²) in [4.78, 5) is 4.96. The number of hydrogen-bond acceptors (Lipinski definition) is 3. The fourth-order valence-corrected chi connectivity index (χ4v) is 3.62. The van der Waals surface area contributed by atoms with Crippen molar-refractivity contribution in [1.29, 1.82) is 0 Å². The molecule has 0 saturated heterocycles. The SMILES string of the molecule is Cc1cccc(C)c1NC(C)c1cccc(C(C)Nc2c(C)cccc2C)n1. The number of pyridine rings is 1. The minimum atomic E-state index is 0.132. The lowest BCUT2D eigenvalue weighted by atomic mass is 10.1. The van der Waals surface area contributed by atoms with Gasteiger partial charge in [-0.25, -0.2) is 0 Å². The molecule has 0 radical (unpaired) electrons. The molecule has 3 heteroatoms. The molecule has 3 aromatic rings. The van der Waals surface area contributed by atoms with E-state index >= 15 is 0 Å². The lowest BCUT2D eigenvalue weighted by molar-refractivity contribution is 0.778. The van der Waals surface area contributed by atoms with Crippen molar-refractivity contribution < 1.29 is 0 Å². The van der Waals surface area contributed by atoms with E-state index in [9.17, 15) is 0 Å². The quantitative estimate of drug-likeness (QED) is 0.507. The highest BCUT2D eigenvalue weighted by Crippen LogP contribution is 2.27. The van der Waals surface area contributed by atoms with Crippen molar-refractivity contribution in [3.8, 4) is 0 Å². The van der Waals surface area contributed by atoms with Gasteiger partial charge in [-0.15, -0.1) is 0 Å². The Hall–Kier alpha value is -2.81. The van der Waals surface area contributed by atoms with Crippen LogP contribution < -0.4 is 10.6 Å². The van der Waals surface area contributed by atoms with Crippen LogP contribution in [0.2, 0.25) is 0 Å². The number of anilines is 2. The average Bonchev–Trinajstić information content (AvgIpc) is 2.67. The van der Waals surface area contributed by atoms with E-state index in [0.717, 1.165) is 11.4 Å². The highest BCUT2D eigenvalue weighted by molar-refractivity contribution is 5.58. The molecule has 0 amide bonds. The normalized spacial score (nSPS) is 13.1. The number of para-hydroxylation sites is 2. The van der Waals surface area contributed by atoms with Crippen LogP contribution in [0.25, 0.3) is 0 Å². The highest BCUT2D eigenvalue weighted by atomic mass is 15.0. The number of aryl methyl sites for hydroxylation is 4. The number of aromatic nitrogens is 1. The molecule has 2 N–H and O–H groups in total. The first kappa shape index (κ1) is 19.9. The first-order valence-electron chi connectivity index (χ1n) is 9.99. The summed E-state index contributed by atoms with van der Waals surface area (Å²) in [6.45, 7) is 12.9. The van der Waals surface area contributed by atoms with Crippen LogP contribution in [-0.2, 0) is 0 Å². The van der Waals surface area contributed by atoms with Gasteiger partial charge in [0.15, 0.2) is 0 Å². The Morgan fingerprint density at radius 3 is 1.25 bits per heavy atom. The summed E-state index contributed by atoms with van der Waals surface area (Å²) >= 11 is 0. The van der Waals surface area contributed by atoms with E-state index in [1.54, 1.807) is 0 Å². The van der Waals surface area contributed by atoms with Gasteiger partial charge in [0.1, 0.15) is 0 Å². The van der Waals surface area contributed by atoms with E-state index in [1.165, 1.54) is 33.6 Å². The first-order valence-corrected chi connectivity index (χ1v) is 9.99. The predicted molar refractivity (Wildman–Crippen MR) is 120 cm³/mol. The van der Waals surface area contributed by atoms with Crippen molar-refractivity contribution in [2.24, 2.45) is 0 Å². The van der Waals surface area contributed by atoms with Crippen molar-refractivity contribution in [2.75, 3.05) is 10.6 Å². The maximum Gasteiger partial charge on any atom is 0.0657 e. The van der Waals surface area contributed by atoms with Crippen molar-refractivity contribution in [3.63, 3.8) is 0 Å². The summed E-state index contributed by atoms with van der Waals surface area (Å²) in [6.07, 6.45) is 0. The zero-order chi connectivity index (χ0) is 20.3. The van der Waals surface area contributed by atoms with Crippen LogP contribution in [0.4, 0.5) is 11.4 Å². The third-order valence-corrected chi connectivity index (χ3v) is 5.36. The summed E-state index contributed by atoms with van der Waals surface area (Å²) in [7, 11) is 0. The van der Waals surface area contributed by atoms with Crippen molar-refractivity contribution in [2.45, 2.75) is 53.6 Å². The van der Waals surface area contributed by atoms with Gasteiger partial charge in [0.2, 0.25) is 0 Å². The molecule has 0 saturated carbocycles. The monoisotopic (exact) mass is 373 g/mol. The van der Waals surface area contributed by atoms with E-state index in [0.29, 0.717) is 0 Å². The van der Waals surface area contributed by atoms with Gasteiger partial charge >= 0.3 is 0 Å². The second-order valence-electron chi connectivity index (χ2n) is 7.75. The predicted octanol–water partition coefficient (Wildman–Crippen LogP) is 6.66. The molecular formula is C25H31N3. The minimum Gasteiger partial charge on any atom is -0.377 e. The Balaban J connectivity index is 1.79. The van der Waals surface area contributed by atoms with Crippen LogP contribution in [0.5, 0.6) is 0 Å². The molecule has 28 heavy (non-hydrogen) atoms. The fourth-order valence-electron chi connectivity index (χ4n) is 3.62. The Morgan fingerprint density at radius 1 is 0.571 bits per heavy atom. The third-order valence-electron chi connectivity index (χ3n) is 5.36. The van der Waals surface area contributed by atoms with Gasteiger partial charge in [0.25, 0.3) is 0 Å². The number of nitrogens with zero attached hydrogens (tertiary/aromatic N) is 1. The van der Waals surface area contributed by atoms with Crippen LogP contribution in [0.1, 0.15) is 59.6 Å². The Bertz CT molecular complexity index is 847. The van der Waals surface area contributed by atoms with E-state index in [1.807, 2.05) is 0 Å². The van der Waals surface area contributed by atoms with Crippen LogP contribution in [0, 0.1) is 27.7 Å². The van der Waals surface area contributed by atoms with Gasteiger partial charge in [0.05, 0.1) is 23.5 Å². The Labute approximate surface area is 169 Å². The van der Waals surface area contributed by atoms with Gasteiger partial charge in [-0.1, -0.05) is 42.5 Å². The molecule has 1 heterocycles. The maximum atomic E-state index is 4.96. The van der Waals surface area contributed by atoms with Crippen LogP contribution in [0.15, 0.2) is 54.6 Å². The smallest absolute Gasteiger partial charge is 0.0657 e. The molecule has 0 aliphatic carbocycles. The first-order chi connectivity index (χ1) is 13.4. The number of nitrogens with one attached hydrogen (secondary N) is 2. The fraction of sp³-hybridized carbons (Fsp3) is 0.320. The molecule has 1 aromatic heterocycles. The molecule has 2 aromatic carbocycles. The maximum absolute atomic E-state index is 4.96. The number of benzene rings is 2. The molecule has 0 aliphatic heterocycles. The topological polar surface area (TPSA) is 37.0 Å². The van der Waals surface area contributed by atoms with Gasteiger partial charge in [-0.05, 0) is 75.9 Å². The van der Waals surface area contributed by atoms with Crippen molar-refractivity contribution in [1.82, 2.24) is 4.98 Å². The summed E-state index contributed by atoms with van der Waals surface area (Å²) in [5.74, 6) is 0. The molecule has 0 fully saturated rings. The zero-order valence-electron chi connectivity index (χ0n) is 17.8. The molecule has 0 aliphatic rings. The van der Waals surface area contributed by atoms with E-state index in [-0.39, 0.29) is 12.1 Å². The summed E-state index contributed by atoms with van der Waals surface area (Å²) < 4.78 is 0. The van der Waals surface area contributed by atoms with E-state index in [2.05, 4.69) is 107 Å². The second kappa shape index (κ2) is 8.47. The molecule has 2 unspecified atom stereocenters. The summed E-state index contributed by atoms with van der Waals surface area (Å²) in [5.41, 5.74) is 9.53. The van der Waals surface area contributed by atoms with E-state index in [4.69, 9.17) is 4.98 Å². The van der Waals surface area contributed by atoms with Crippen LogP contribution in [-0.4, -0.2) is 4.98 Å². The molecule has 0 spiro atoms. The summed E-state index contributed by atoms with van der Waals surface area (Å²) in [6, 6.07) is 19.3. The minimum absolute atomic E-state index is 0.132. The average molecular weight is 374 g/mol. The molecular weight excluding hydrogens is 342 g/mol. The Kier molecular flexibility index (Phi) is 6.03. The van der Waals surface area contributed by atoms with Gasteiger partial charge < -0.3 is 10.6 Å². The van der Waals surface area contributed by atoms with E-state index < -0.39 is 0 Å². The summed E-state index contributed by atoms with van der Waals surface area (Å²) in [5, 5.41) is 7.29. The van der Waals surface area contributed by atoms with Gasteiger partial charge in [-0.3, -0.25) is 4.98 Å². The molecule has 3 rings (SSSR count). The van der Waals surface area contributed by atoms with Crippen LogP contribution >= 0.6 is 0 Å². The Morgan fingerprint density at radius 2 is 0.893 bits per heavy atom. The number of rotatable bonds is 6. The van der Waals surface area contributed by atoms with Crippen molar-refractivity contribution >= 4 is 11.4 Å². The molecule has 3 nitrogen and oxygen atoms in total. The van der Waals surface area contributed by atoms with Gasteiger partial charge in [-0.2, -0.15) is 0 Å². The van der Waals surface area contributed by atoms with Gasteiger partial charge in [0, 0.05) is 11.4 Å².